The lowest BCUT2D eigenvalue weighted by Crippen LogP contribution is -2.15. The van der Waals surface area contributed by atoms with Crippen LogP contribution in [0.25, 0.3) is 22.8 Å². The van der Waals surface area contributed by atoms with Gasteiger partial charge in [0.2, 0.25) is 0 Å². The first-order valence-electron chi connectivity index (χ1n) is 5.89. The molecule has 5 nitrogen and oxygen atoms in total. The van der Waals surface area contributed by atoms with E-state index in [0.29, 0.717) is 5.69 Å². The van der Waals surface area contributed by atoms with Crippen molar-refractivity contribution in [1.82, 2.24) is 20.2 Å². The number of nitrogens with one attached hydrogen (secondary N) is 1. The summed E-state index contributed by atoms with van der Waals surface area (Å²) in [5.41, 5.74) is 0.0551. The minimum absolute atomic E-state index is 0.0530. The van der Waals surface area contributed by atoms with Crippen molar-refractivity contribution in [2.24, 2.45) is 0 Å². The number of nitrogens with zero attached hydrogens (tertiary/aromatic N) is 3. The molecule has 98 valence electrons. The van der Waals surface area contributed by atoms with Crippen molar-refractivity contribution in [3.05, 3.63) is 64.8 Å². The summed E-state index contributed by atoms with van der Waals surface area (Å²) < 4.78 is 13.6. The lowest BCUT2D eigenvalue weighted by atomic mass is 10.1. The maximum Gasteiger partial charge on any atom is 0.278 e. The molecular weight excluding hydrogens is 259 g/mol. The molecule has 0 saturated carbocycles. The van der Waals surface area contributed by atoms with Gasteiger partial charge in [-0.3, -0.25) is 9.78 Å². The van der Waals surface area contributed by atoms with Gasteiger partial charge in [-0.25, -0.2) is 4.39 Å². The monoisotopic (exact) mass is 268 g/mol. The van der Waals surface area contributed by atoms with Gasteiger partial charge in [-0.1, -0.05) is 18.2 Å². The number of halogens is 1. The maximum absolute atomic E-state index is 13.6. The van der Waals surface area contributed by atoms with E-state index in [4.69, 9.17) is 0 Å². The van der Waals surface area contributed by atoms with Crippen molar-refractivity contribution < 1.29 is 4.39 Å². The van der Waals surface area contributed by atoms with Crippen molar-refractivity contribution in [3.63, 3.8) is 0 Å². The second kappa shape index (κ2) is 5.00. The summed E-state index contributed by atoms with van der Waals surface area (Å²) in [7, 11) is 0. The highest BCUT2D eigenvalue weighted by Gasteiger charge is 2.12. The lowest BCUT2D eigenvalue weighted by molar-refractivity contribution is 0.630. The fraction of sp³-hybridized carbons (Fsp3) is 0. The van der Waals surface area contributed by atoms with Crippen LogP contribution < -0.4 is 5.56 Å². The normalized spacial score (nSPS) is 10.4. The second-order valence-electron chi connectivity index (χ2n) is 4.05. The van der Waals surface area contributed by atoms with Gasteiger partial charge in [-0.05, 0) is 24.3 Å². The zero-order chi connectivity index (χ0) is 13.9. The third kappa shape index (κ3) is 2.18. The summed E-state index contributed by atoms with van der Waals surface area (Å²) >= 11 is 0. The molecular formula is C14H9FN4O. The van der Waals surface area contributed by atoms with E-state index in [-0.39, 0.29) is 17.1 Å². The quantitative estimate of drug-likeness (QED) is 0.772. The molecule has 0 unspecified atom stereocenters. The number of hydrogen-bond acceptors (Lipinski definition) is 4. The predicted molar refractivity (Wildman–Crippen MR) is 71.3 cm³/mol. The average molecular weight is 268 g/mol. The number of rotatable bonds is 2. The first kappa shape index (κ1) is 12.2. The van der Waals surface area contributed by atoms with Crippen LogP contribution in [0.4, 0.5) is 4.39 Å². The van der Waals surface area contributed by atoms with Crippen molar-refractivity contribution in [1.29, 1.82) is 0 Å². The largest absolute Gasteiger partial charge is 0.302 e. The maximum atomic E-state index is 13.6. The van der Waals surface area contributed by atoms with Gasteiger partial charge in [0.25, 0.3) is 5.56 Å². The summed E-state index contributed by atoms with van der Waals surface area (Å²) in [4.78, 5) is 18.6. The zero-order valence-corrected chi connectivity index (χ0v) is 10.2. The highest BCUT2D eigenvalue weighted by atomic mass is 19.1. The molecule has 1 aromatic carbocycles. The van der Waals surface area contributed by atoms with Crippen LogP contribution in [0, 0.1) is 5.82 Å². The van der Waals surface area contributed by atoms with Gasteiger partial charge in [-0.15, -0.1) is 10.2 Å². The molecule has 20 heavy (non-hydrogen) atoms. The van der Waals surface area contributed by atoms with Crippen LogP contribution in [0.15, 0.2) is 53.5 Å². The molecule has 0 amide bonds. The van der Waals surface area contributed by atoms with E-state index < -0.39 is 11.4 Å². The molecule has 0 saturated heterocycles. The van der Waals surface area contributed by atoms with Gasteiger partial charge in [0.15, 0.2) is 11.5 Å². The number of pyridine rings is 1. The van der Waals surface area contributed by atoms with E-state index in [9.17, 15) is 9.18 Å². The first-order valence-corrected chi connectivity index (χ1v) is 5.89. The van der Waals surface area contributed by atoms with Crippen LogP contribution in [0.2, 0.25) is 0 Å². The molecule has 0 bridgehead atoms. The number of aromatic nitrogens is 4. The number of aromatic amines is 1. The van der Waals surface area contributed by atoms with Crippen LogP contribution in [0.3, 0.4) is 0 Å². The Labute approximate surface area is 113 Å². The van der Waals surface area contributed by atoms with Gasteiger partial charge >= 0.3 is 0 Å². The van der Waals surface area contributed by atoms with Gasteiger partial charge in [0, 0.05) is 11.8 Å². The summed E-state index contributed by atoms with van der Waals surface area (Å²) in [5, 5.41) is 7.70. The van der Waals surface area contributed by atoms with Crippen LogP contribution in [-0.4, -0.2) is 20.2 Å². The van der Waals surface area contributed by atoms with E-state index in [1.54, 1.807) is 36.5 Å². The molecule has 0 atom stereocenters. The van der Waals surface area contributed by atoms with E-state index in [2.05, 4.69) is 20.2 Å². The van der Waals surface area contributed by atoms with Crippen molar-refractivity contribution in [2.45, 2.75) is 0 Å². The minimum atomic E-state index is -0.516. The molecule has 0 aliphatic carbocycles. The van der Waals surface area contributed by atoms with Crippen molar-refractivity contribution >= 4 is 0 Å². The molecule has 6 heteroatoms. The van der Waals surface area contributed by atoms with Crippen molar-refractivity contribution in [3.8, 4) is 22.8 Å². The first-order chi connectivity index (χ1) is 9.75. The minimum Gasteiger partial charge on any atom is -0.302 e. The Kier molecular flexibility index (Phi) is 3.04. The summed E-state index contributed by atoms with van der Waals surface area (Å²) in [6.45, 7) is 0. The Hall–Kier alpha value is -2.89. The van der Waals surface area contributed by atoms with Crippen LogP contribution in [0.1, 0.15) is 0 Å². The van der Waals surface area contributed by atoms with Crippen LogP contribution >= 0.6 is 0 Å². The standard InChI is InChI=1S/C14H9FN4O/c15-10-6-2-1-5-9(10)12-14(20)17-13(19-18-12)11-7-3-4-8-16-11/h1-8H,(H,17,19,20). The molecule has 3 rings (SSSR count). The summed E-state index contributed by atoms with van der Waals surface area (Å²) in [6.07, 6.45) is 1.58. The van der Waals surface area contributed by atoms with E-state index in [0.717, 1.165) is 0 Å². The Morgan fingerprint density at radius 2 is 1.80 bits per heavy atom. The molecule has 3 aromatic rings. The third-order valence-electron chi connectivity index (χ3n) is 2.73. The van der Waals surface area contributed by atoms with E-state index in [1.807, 2.05) is 0 Å². The molecule has 2 heterocycles. The topological polar surface area (TPSA) is 71.5 Å². The summed E-state index contributed by atoms with van der Waals surface area (Å²) in [5.74, 6) is -0.270. The average Bonchev–Trinajstić information content (AvgIpc) is 2.49. The molecule has 0 aliphatic rings. The highest BCUT2D eigenvalue weighted by Crippen LogP contribution is 2.17. The predicted octanol–water partition coefficient (Wildman–Crippen LogP) is 2.03. The number of H-pyrrole nitrogens is 1. The molecule has 0 fully saturated rings. The Morgan fingerprint density at radius 1 is 1.00 bits per heavy atom. The fourth-order valence-electron chi connectivity index (χ4n) is 1.78. The number of benzene rings is 1. The second-order valence-corrected chi connectivity index (χ2v) is 4.05. The molecule has 1 N–H and O–H groups in total. The zero-order valence-electron chi connectivity index (χ0n) is 10.2. The Morgan fingerprint density at radius 3 is 2.50 bits per heavy atom. The fourth-order valence-corrected chi connectivity index (χ4v) is 1.78. The van der Waals surface area contributed by atoms with E-state index >= 15 is 0 Å². The van der Waals surface area contributed by atoms with Gasteiger partial charge in [0.1, 0.15) is 11.5 Å². The number of hydrogen-bond donors (Lipinski definition) is 1. The SMILES string of the molecule is O=c1[nH]c(-c2ccccn2)nnc1-c1ccccc1F. The molecule has 0 spiro atoms. The van der Waals surface area contributed by atoms with Crippen LogP contribution in [-0.2, 0) is 0 Å². The van der Waals surface area contributed by atoms with E-state index in [1.165, 1.54) is 12.1 Å². The smallest absolute Gasteiger partial charge is 0.278 e. The van der Waals surface area contributed by atoms with Crippen LogP contribution in [0.5, 0.6) is 0 Å². The van der Waals surface area contributed by atoms with Gasteiger partial charge in [0.05, 0.1) is 0 Å². The molecule has 0 radical (unpaired) electrons. The summed E-state index contributed by atoms with van der Waals surface area (Å²) in [6, 6.07) is 11.1. The molecule has 2 aromatic heterocycles. The van der Waals surface area contributed by atoms with Gasteiger partial charge < -0.3 is 4.98 Å². The Bertz CT molecular complexity index is 802. The molecule has 0 aliphatic heterocycles. The Balaban J connectivity index is 2.10. The van der Waals surface area contributed by atoms with Crippen molar-refractivity contribution in [2.75, 3.05) is 0 Å². The lowest BCUT2D eigenvalue weighted by Gasteiger charge is -2.02. The highest BCUT2D eigenvalue weighted by molar-refractivity contribution is 5.59. The third-order valence-corrected chi connectivity index (χ3v) is 2.73. The van der Waals surface area contributed by atoms with Gasteiger partial charge in [-0.2, -0.15) is 0 Å².